The Morgan fingerprint density at radius 1 is 1.60 bits per heavy atom. The number of carbonyl (C=O) groups is 1. The highest BCUT2D eigenvalue weighted by molar-refractivity contribution is 5.89. The molecule has 82 valence electrons. The summed E-state index contributed by atoms with van der Waals surface area (Å²) in [6.07, 6.45) is 2.96. The van der Waals surface area contributed by atoms with Crippen LogP contribution in [0.2, 0.25) is 0 Å². The van der Waals surface area contributed by atoms with Crippen LogP contribution in [0.4, 0.5) is 5.82 Å². The molecule has 0 aliphatic carbocycles. The normalized spacial score (nSPS) is 12.1. The highest BCUT2D eigenvalue weighted by atomic mass is 16.1. The van der Waals surface area contributed by atoms with Gasteiger partial charge in [-0.25, -0.2) is 4.98 Å². The molecular weight excluding hydrogens is 190 g/mol. The summed E-state index contributed by atoms with van der Waals surface area (Å²) in [5, 5.41) is 2.73. The van der Waals surface area contributed by atoms with Crippen molar-refractivity contribution in [1.29, 1.82) is 0 Å². The Kier molecular flexibility index (Phi) is 4.77. The minimum atomic E-state index is -0.00556. The fraction of sp³-hybridized carbons (Fsp3) is 0.455. The Labute approximate surface area is 89.9 Å². The molecule has 1 rings (SSSR count). The number of hydrogen-bond acceptors (Lipinski definition) is 3. The first kappa shape index (κ1) is 11.7. The van der Waals surface area contributed by atoms with E-state index in [4.69, 9.17) is 5.73 Å². The van der Waals surface area contributed by atoms with Gasteiger partial charge in [-0.15, -0.1) is 0 Å². The molecule has 0 spiro atoms. The SMILES string of the molecule is CC(CN)CCC(=O)Nc1ccccn1. The molecule has 3 N–H and O–H groups in total. The van der Waals surface area contributed by atoms with E-state index in [-0.39, 0.29) is 5.91 Å². The van der Waals surface area contributed by atoms with Crippen LogP contribution in [0.5, 0.6) is 0 Å². The summed E-state index contributed by atoms with van der Waals surface area (Å²) < 4.78 is 0. The molecule has 1 atom stereocenters. The highest BCUT2D eigenvalue weighted by Gasteiger charge is 2.05. The molecule has 0 aromatic carbocycles. The lowest BCUT2D eigenvalue weighted by Gasteiger charge is -2.07. The Hall–Kier alpha value is -1.42. The fourth-order valence-electron chi connectivity index (χ4n) is 1.14. The number of rotatable bonds is 5. The third-order valence-electron chi connectivity index (χ3n) is 2.20. The van der Waals surface area contributed by atoms with Gasteiger partial charge >= 0.3 is 0 Å². The molecule has 0 fully saturated rings. The molecule has 1 amide bonds. The van der Waals surface area contributed by atoms with Crippen molar-refractivity contribution in [3.05, 3.63) is 24.4 Å². The van der Waals surface area contributed by atoms with Gasteiger partial charge in [0.15, 0.2) is 0 Å². The van der Waals surface area contributed by atoms with E-state index in [0.29, 0.717) is 24.7 Å². The van der Waals surface area contributed by atoms with Crippen LogP contribution in [0.15, 0.2) is 24.4 Å². The van der Waals surface area contributed by atoms with Crippen LogP contribution >= 0.6 is 0 Å². The number of carbonyl (C=O) groups excluding carboxylic acids is 1. The molecule has 0 aliphatic heterocycles. The van der Waals surface area contributed by atoms with E-state index in [9.17, 15) is 4.79 Å². The van der Waals surface area contributed by atoms with E-state index in [1.165, 1.54) is 0 Å². The van der Waals surface area contributed by atoms with Gasteiger partial charge in [0, 0.05) is 12.6 Å². The minimum absolute atomic E-state index is 0.00556. The van der Waals surface area contributed by atoms with Crippen molar-refractivity contribution < 1.29 is 4.79 Å². The molecule has 1 heterocycles. The monoisotopic (exact) mass is 207 g/mol. The predicted octanol–water partition coefficient (Wildman–Crippen LogP) is 1.40. The van der Waals surface area contributed by atoms with Crippen molar-refractivity contribution in [2.45, 2.75) is 19.8 Å². The van der Waals surface area contributed by atoms with Crippen molar-refractivity contribution in [2.75, 3.05) is 11.9 Å². The summed E-state index contributed by atoms with van der Waals surface area (Å²) in [5.74, 6) is 0.983. The molecule has 1 aromatic heterocycles. The first-order chi connectivity index (χ1) is 7.22. The maximum Gasteiger partial charge on any atom is 0.225 e. The van der Waals surface area contributed by atoms with Crippen LogP contribution in [0.1, 0.15) is 19.8 Å². The van der Waals surface area contributed by atoms with Gasteiger partial charge in [-0.05, 0) is 31.0 Å². The Bertz CT molecular complexity index is 300. The van der Waals surface area contributed by atoms with Crippen LogP contribution < -0.4 is 11.1 Å². The van der Waals surface area contributed by atoms with Gasteiger partial charge < -0.3 is 11.1 Å². The van der Waals surface area contributed by atoms with Gasteiger partial charge in [0.25, 0.3) is 0 Å². The van der Waals surface area contributed by atoms with Gasteiger partial charge in [0.05, 0.1) is 0 Å². The highest BCUT2D eigenvalue weighted by Crippen LogP contribution is 2.06. The van der Waals surface area contributed by atoms with Crippen LogP contribution in [0.3, 0.4) is 0 Å². The fourth-order valence-corrected chi connectivity index (χ4v) is 1.14. The van der Waals surface area contributed by atoms with Gasteiger partial charge in [0.2, 0.25) is 5.91 Å². The van der Waals surface area contributed by atoms with Crippen LogP contribution in [0.25, 0.3) is 0 Å². The zero-order valence-electron chi connectivity index (χ0n) is 8.94. The van der Waals surface area contributed by atoms with Gasteiger partial charge in [0.1, 0.15) is 5.82 Å². The molecule has 0 saturated heterocycles. The smallest absolute Gasteiger partial charge is 0.225 e. The van der Waals surface area contributed by atoms with E-state index in [0.717, 1.165) is 6.42 Å². The van der Waals surface area contributed by atoms with Crippen molar-refractivity contribution in [3.8, 4) is 0 Å². The van der Waals surface area contributed by atoms with Gasteiger partial charge in [-0.3, -0.25) is 4.79 Å². The number of pyridine rings is 1. The van der Waals surface area contributed by atoms with Gasteiger partial charge in [-0.2, -0.15) is 0 Å². The quantitative estimate of drug-likeness (QED) is 0.766. The van der Waals surface area contributed by atoms with E-state index >= 15 is 0 Å². The zero-order chi connectivity index (χ0) is 11.1. The second kappa shape index (κ2) is 6.14. The lowest BCUT2D eigenvalue weighted by molar-refractivity contribution is -0.116. The second-order valence-corrected chi connectivity index (χ2v) is 3.64. The van der Waals surface area contributed by atoms with Crippen molar-refractivity contribution in [2.24, 2.45) is 11.7 Å². The topological polar surface area (TPSA) is 68.0 Å². The third-order valence-corrected chi connectivity index (χ3v) is 2.20. The lowest BCUT2D eigenvalue weighted by Crippen LogP contribution is -2.16. The number of aromatic nitrogens is 1. The molecule has 15 heavy (non-hydrogen) atoms. The Morgan fingerprint density at radius 3 is 3.00 bits per heavy atom. The minimum Gasteiger partial charge on any atom is -0.330 e. The molecule has 4 heteroatoms. The van der Waals surface area contributed by atoms with E-state index < -0.39 is 0 Å². The number of nitrogens with one attached hydrogen (secondary N) is 1. The summed E-state index contributed by atoms with van der Waals surface area (Å²) in [6, 6.07) is 5.42. The van der Waals surface area contributed by atoms with E-state index in [1.807, 2.05) is 19.1 Å². The molecule has 0 aliphatic rings. The lowest BCUT2D eigenvalue weighted by atomic mass is 10.1. The zero-order valence-corrected chi connectivity index (χ0v) is 8.94. The Balaban J connectivity index is 2.31. The number of nitrogens with two attached hydrogens (primary N) is 1. The Morgan fingerprint density at radius 2 is 2.40 bits per heavy atom. The molecular formula is C11H17N3O. The third kappa shape index (κ3) is 4.56. The number of hydrogen-bond donors (Lipinski definition) is 2. The predicted molar refractivity (Wildman–Crippen MR) is 60.3 cm³/mol. The number of anilines is 1. The second-order valence-electron chi connectivity index (χ2n) is 3.64. The van der Waals surface area contributed by atoms with E-state index in [1.54, 1.807) is 12.3 Å². The standard InChI is InChI=1S/C11H17N3O/c1-9(8-12)5-6-11(15)14-10-4-2-3-7-13-10/h2-4,7,9H,5-6,8,12H2,1H3,(H,13,14,15). The molecule has 0 saturated carbocycles. The van der Waals surface area contributed by atoms with Crippen LogP contribution in [0, 0.1) is 5.92 Å². The maximum atomic E-state index is 11.4. The first-order valence-corrected chi connectivity index (χ1v) is 5.13. The summed E-state index contributed by atoms with van der Waals surface area (Å²) in [7, 11) is 0. The van der Waals surface area contributed by atoms with Crippen molar-refractivity contribution >= 4 is 11.7 Å². The molecule has 1 aromatic rings. The van der Waals surface area contributed by atoms with Gasteiger partial charge in [-0.1, -0.05) is 13.0 Å². The molecule has 1 unspecified atom stereocenters. The summed E-state index contributed by atoms with van der Waals surface area (Å²) >= 11 is 0. The maximum absolute atomic E-state index is 11.4. The molecule has 0 radical (unpaired) electrons. The van der Waals surface area contributed by atoms with Crippen molar-refractivity contribution in [3.63, 3.8) is 0 Å². The molecule has 4 nitrogen and oxygen atoms in total. The van der Waals surface area contributed by atoms with E-state index in [2.05, 4.69) is 10.3 Å². The van der Waals surface area contributed by atoms with Crippen molar-refractivity contribution in [1.82, 2.24) is 4.98 Å². The largest absolute Gasteiger partial charge is 0.330 e. The summed E-state index contributed by atoms with van der Waals surface area (Å²) in [6.45, 7) is 2.66. The molecule has 0 bridgehead atoms. The number of nitrogens with zero attached hydrogens (tertiary/aromatic N) is 1. The first-order valence-electron chi connectivity index (χ1n) is 5.13. The summed E-state index contributed by atoms with van der Waals surface area (Å²) in [5.41, 5.74) is 5.47. The van der Waals surface area contributed by atoms with Crippen LogP contribution in [-0.2, 0) is 4.79 Å². The number of amides is 1. The van der Waals surface area contributed by atoms with Crippen LogP contribution in [-0.4, -0.2) is 17.4 Å². The average Bonchev–Trinajstić information content (AvgIpc) is 2.27. The average molecular weight is 207 g/mol. The summed E-state index contributed by atoms with van der Waals surface area (Å²) in [4.78, 5) is 15.5.